The summed E-state index contributed by atoms with van der Waals surface area (Å²) in [5.41, 5.74) is 9.63. The van der Waals surface area contributed by atoms with Crippen molar-refractivity contribution in [1.82, 2.24) is 9.88 Å². The molecule has 35 heavy (non-hydrogen) atoms. The summed E-state index contributed by atoms with van der Waals surface area (Å²) in [4.78, 5) is 22.4. The molecule has 188 valence electrons. The van der Waals surface area contributed by atoms with Crippen LogP contribution in [0, 0.1) is 12.7 Å². The van der Waals surface area contributed by atoms with Crippen LogP contribution in [0.4, 0.5) is 20.6 Å². The van der Waals surface area contributed by atoms with Crippen LogP contribution in [-0.4, -0.2) is 67.1 Å². The maximum atomic E-state index is 15.0. The van der Waals surface area contributed by atoms with Gasteiger partial charge in [0.25, 0.3) is 0 Å². The van der Waals surface area contributed by atoms with E-state index >= 15 is 4.39 Å². The fraction of sp³-hybridized carbons (Fsp3) is 0.520. The van der Waals surface area contributed by atoms with Crippen LogP contribution in [0.15, 0.2) is 24.4 Å². The molecular weight excluding hydrogens is 453 g/mol. The van der Waals surface area contributed by atoms with Gasteiger partial charge >= 0.3 is 6.09 Å². The maximum absolute atomic E-state index is 15.0. The summed E-state index contributed by atoms with van der Waals surface area (Å²) in [7, 11) is 0. The van der Waals surface area contributed by atoms with Gasteiger partial charge in [-0.2, -0.15) is 0 Å². The number of piperazine rings is 1. The van der Waals surface area contributed by atoms with Crippen LogP contribution in [0.1, 0.15) is 30.7 Å². The number of hydrogen-bond acceptors (Lipinski definition) is 8. The van der Waals surface area contributed by atoms with Gasteiger partial charge in [0.15, 0.2) is 0 Å². The molecule has 0 aliphatic carbocycles. The Morgan fingerprint density at radius 3 is 2.69 bits per heavy atom. The van der Waals surface area contributed by atoms with Gasteiger partial charge in [-0.3, -0.25) is 14.8 Å². The number of hydrogen-bond donors (Lipinski definition) is 1. The number of benzene rings is 1. The highest BCUT2D eigenvalue weighted by Gasteiger charge is 2.33. The lowest BCUT2D eigenvalue weighted by Crippen LogP contribution is -2.46. The van der Waals surface area contributed by atoms with E-state index in [-0.39, 0.29) is 18.5 Å². The Bertz CT molecular complexity index is 1120. The van der Waals surface area contributed by atoms with Crippen molar-refractivity contribution in [3.05, 3.63) is 47.0 Å². The van der Waals surface area contributed by atoms with Crippen LogP contribution >= 0.6 is 0 Å². The molecule has 1 amide bonds. The molecule has 2 fully saturated rings. The molecule has 3 aliphatic heterocycles. The van der Waals surface area contributed by atoms with Gasteiger partial charge < -0.3 is 24.8 Å². The quantitative estimate of drug-likeness (QED) is 0.691. The van der Waals surface area contributed by atoms with Crippen LogP contribution in [0.3, 0.4) is 0 Å². The summed E-state index contributed by atoms with van der Waals surface area (Å²) in [5.74, 6) is -0.197. The zero-order valence-electron chi connectivity index (χ0n) is 20.4. The number of fused-ring (bicyclic) bond motifs is 1. The highest BCUT2D eigenvalue weighted by atomic mass is 19.1. The Kier molecular flexibility index (Phi) is 6.29. The van der Waals surface area contributed by atoms with E-state index < -0.39 is 11.9 Å². The zero-order valence-corrected chi connectivity index (χ0v) is 20.4. The molecular formula is C25H32FN5O4. The zero-order chi connectivity index (χ0) is 24.7. The highest BCUT2D eigenvalue weighted by molar-refractivity contribution is 5.90. The van der Waals surface area contributed by atoms with Crippen LogP contribution in [-0.2, 0) is 22.6 Å². The van der Waals surface area contributed by atoms with E-state index in [4.69, 9.17) is 19.9 Å². The maximum Gasteiger partial charge on any atom is 0.414 e. The third kappa shape index (κ3) is 4.78. The molecule has 5 rings (SSSR count). The van der Waals surface area contributed by atoms with Gasteiger partial charge in [0.1, 0.15) is 17.7 Å². The van der Waals surface area contributed by atoms with Gasteiger partial charge in [0.05, 0.1) is 30.2 Å². The van der Waals surface area contributed by atoms with Gasteiger partial charge in [-0.05, 0) is 30.7 Å². The van der Waals surface area contributed by atoms with Gasteiger partial charge in [-0.1, -0.05) is 0 Å². The minimum Gasteiger partial charge on any atom is -0.461 e. The van der Waals surface area contributed by atoms with Gasteiger partial charge in [0, 0.05) is 64.9 Å². The monoisotopic (exact) mass is 485 g/mol. The number of carbonyl (C=O) groups is 1. The molecule has 1 aromatic carbocycles. The van der Waals surface area contributed by atoms with E-state index in [0.29, 0.717) is 37.6 Å². The Labute approximate surface area is 204 Å². The molecule has 1 aromatic heterocycles. The van der Waals surface area contributed by atoms with Crippen LogP contribution in [0.5, 0.6) is 5.75 Å². The van der Waals surface area contributed by atoms with E-state index in [1.54, 1.807) is 12.1 Å². The molecule has 0 saturated carbocycles. The van der Waals surface area contributed by atoms with Crippen LogP contribution in [0.25, 0.3) is 0 Å². The topological polar surface area (TPSA) is 93.4 Å². The van der Waals surface area contributed by atoms with Crippen LogP contribution < -0.4 is 20.3 Å². The second-order valence-electron chi connectivity index (χ2n) is 9.72. The first-order chi connectivity index (χ1) is 16.7. The van der Waals surface area contributed by atoms with Gasteiger partial charge in [0.2, 0.25) is 5.79 Å². The molecule has 0 radical (unpaired) electrons. The summed E-state index contributed by atoms with van der Waals surface area (Å²) in [6.45, 7) is 10.5. The SMILES string of the molecule is Cc1ncc(CN2CCN(c3ccc(N4C[C@H](CN)OC4=O)cc3F)CC2)c2c1OC(C)(C)OC2. The predicted molar refractivity (Wildman–Crippen MR) is 129 cm³/mol. The van der Waals surface area contributed by atoms with E-state index in [9.17, 15) is 4.79 Å². The first-order valence-electron chi connectivity index (χ1n) is 12.0. The molecule has 3 aliphatic rings. The van der Waals surface area contributed by atoms with Crippen molar-refractivity contribution in [2.75, 3.05) is 49.1 Å². The van der Waals surface area contributed by atoms with E-state index in [1.807, 2.05) is 31.9 Å². The molecule has 2 N–H and O–H groups in total. The molecule has 0 unspecified atom stereocenters. The Morgan fingerprint density at radius 1 is 1.23 bits per heavy atom. The number of nitrogens with two attached hydrogens (primary N) is 1. The Morgan fingerprint density at radius 2 is 2.00 bits per heavy atom. The molecule has 10 heteroatoms. The first kappa shape index (κ1) is 23.8. The number of aromatic nitrogens is 1. The number of ether oxygens (including phenoxy) is 3. The summed E-state index contributed by atoms with van der Waals surface area (Å²) >= 11 is 0. The van der Waals surface area contributed by atoms with Crippen molar-refractivity contribution in [3.63, 3.8) is 0 Å². The average molecular weight is 486 g/mol. The number of pyridine rings is 1. The number of carbonyl (C=O) groups excluding carboxylic acids is 1. The lowest BCUT2D eigenvalue weighted by Gasteiger charge is -2.38. The highest BCUT2D eigenvalue weighted by Crippen LogP contribution is 2.36. The predicted octanol–water partition coefficient (Wildman–Crippen LogP) is 2.78. The van der Waals surface area contributed by atoms with E-state index in [1.165, 1.54) is 11.0 Å². The summed E-state index contributed by atoms with van der Waals surface area (Å²) < 4.78 is 32.1. The number of cyclic esters (lactones) is 1. The number of halogens is 1. The standard InChI is InChI=1S/C25H32FN5O4/c1-16-23-20(15-33-25(2,3)35-23)17(12-28-16)13-29-6-8-30(9-7-29)22-5-4-18(10-21(22)26)31-14-19(11-27)34-24(31)32/h4-5,10,12,19H,6-9,11,13-15,27H2,1-3H3/t19-/m0/s1. The Balaban J connectivity index is 1.23. The number of anilines is 2. The number of amides is 1. The van der Waals surface area contributed by atoms with Gasteiger partial charge in [-0.15, -0.1) is 0 Å². The minimum absolute atomic E-state index is 0.243. The molecule has 2 saturated heterocycles. The van der Waals surface area contributed by atoms with Crippen LogP contribution in [0.2, 0.25) is 0 Å². The second-order valence-corrected chi connectivity index (χ2v) is 9.72. The molecule has 4 heterocycles. The van der Waals surface area contributed by atoms with Crippen molar-refractivity contribution in [2.45, 2.75) is 45.8 Å². The largest absolute Gasteiger partial charge is 0.461 e. The number of nitrogens with zero attached hydrogens (tertiary/aromatic N) is 4. The molecule has 1 atom stereocenters. The van der Waals surface area contributed by atoms with E-state index in [2.05, 4.69) is 9.88 Å². The lowest BCUT2D eigenvalue weighted by molar-refractivity contribution is -0.180. The van der Waals surface area contributed by atoms with E-state index in [0.717, 1.165) is 42.2 Å². The fourth-order valence-corrected chi connectivity index (χ4v) is 4.79. The minimum atomic E-state index is -0.662. The lowest BCUT2D eigenvalue weighted by atomic mass is 10.1. The van der Waals surface area contributed by atoms with Crippen molar-refractivity contribution in [3.8, 4) is 5.75 Å². The molecule has 0 bridgehead atoms. The Hall–Kier alpha value is -2.95. The number of rotatable bonds is 5. The summed E-state index contributed by atoms with van der Waals surface area (Å²) in [6, 6.07) is 4.89. The smallest absolute Gasteiger partial charge is 0.414 e. The summed E-state index contributed by atoms with van der Waals surface area (Å²) in [6.07, 6.45) is 1.05. The average Bonchev–Trinajstić information content (AvgIpc) is 3.22. The first-order valence-corrected chi connectivity index (χ1v) is 12.0. The summed E-state index contributed by atoms with van der Waals surface area (Å²) in [5, 5.41) is 0. The second kappa shape index (κ2) is 9.25. The van der Waals surface area contributed by atoms with Gasteiger partial charge in [-0.25, -0.2) is 9.18 Å². The van der Waals surface area contributed by atoms with Crippen molar-refractivity contribution in [1.29, 1.82) is 0 Å². The number of aryl methyl sites for hydroxylation is 1. The molecule has 2 aromatic rings. The normalized spacial score (nSPS) is 22.1. The molecule has 0 spiro atoms. The third-order valence-electron chi connectivity index (χ3n) is 6.80. The van der Waals surface area contributed by atoms with Crippen molar-refractivity contribution in [2.24, 2.45) is 5.73 Å². The van der Waals surface area contributed by atoms with Crippen molar-refractivity contribution >= 4 is 17.5 Å². The fourth-order valence-electron chi connectivity index (χ4n) is 4.79. The van der Waals surface area contributed by atoms with Crippen molar-refractivity contribution < 1.29 is 23.4 Å². The molecule has 9 nitrogen and oxygen atoms in total. The third-order valence-corrected chi connectivity index (χ3v) is 6.80.